The van der Waals surface area contributed by atoms with E-state index in [1.807, 2.05) is 0 Å². The van der Waals surface area contributed by atoms with Crippen LogP contribution in [0.25, 0.3) is 11.5 Å². The van der Waals surface area contributed by atoms with Crippen molar-refractivity contribution >= 4 is 0 Å². The molecule has 2 aliphatic heterocycles. The molecular weight excluding hydrogens is 364 g/mol. The molecule has 2 aliphatic rings. The molecule has 3 aromatic rings. The van der Waals surface area contributed by atoms with E-state index in [4.69, 9.17) is 13.8 Å². The van der Waals surface area contributed by atoms with Gasteiger partial charge < -0.3 is 23.3 Å². The minimum atomic E-state index is -3.65. The molecule has 8 nitrogen and oxygen atoms in total. The minimum absolute atomic E-state index is 0.0109. The predicted molar refractivity (Wildman–Crippen MR) is 83.2 cm³/mol. The maximum atomic E-state index is 13.1. The topological polar surface area (TPSA) is 92.6 Å². The van der Waals surface area contributed by atoms with Crippen LogP contribution >= 0.6 is 0 Å². The number of benzene rings is 1. The van der Waals surface area contributed by atoms with Crippen LogP contribution in [0.3, 0.4) is 0 Å². The van der Waals surface area contributed by atoms with E-state index >= 15 is 0 Å². The second-order valence-corrected chi connectivity index (χ2v) is 6.26. The first-order chi connectivity index (χ1) is 13.1. The van der Waals surface area contributed by atoms with Gasteiger partial charge in [0.25, 0.3) is 5.89 Å². The molecular formula is C17H13F2N3O5. The molecule has 10 heteroatoms. The first-order valence-electron chi connectivity index (χ1n) is 8.35. The SMILES string of the molecule is FC1(F)Oc2ccc(Cc3noc(-c4conc4C4CCCO4)n3)cc2O1. The fourth-order valence-electron chi connectivity index (χ4n) is 3.15. The van der Waals surface area contributed by atoms with Gasteiger partial charge in [-0.05, 0) is 30.5 Å². The highest BCUT2D eigenvalue weighted by Gasteiger charge is 2.43. The Morgan fingerprint density at radius 3 is 2.89 bits per heavy atom. The van der Waals surface area contributed by atoms with E-state index in [9.17, 15) is 8.78 Å². The standard InChI is InChI=1S/C17H13F2N3O5/c18-17(19)25-11-4-3-9(6-13(11)26-17)7-14-20-16(27-21-14)10-8-24-22-15(10)12-2-1-5-23-12/h3-4,6,8,12H,1-2,5,7H2. The van der Waals surface area contributed by atoms with Crippen molar-refractivity contribution < 1.29 is 32.0 Å². The zero-order valence-corrected chi connectivity index (χ0v) is 13.9. The van der Waals surface area contributed by atoms with Crippen molar-refractivity contribution in [2.75, 3.05) is 6.61 Å². The van der Waals surface area contributed by atoms with Gasteiger partial charge >= 0.3 is 6.29 Å². The normalized spacial score (nSPS) is 20.3. The van der Waals surface area contributed by atoms with Gasteiger partial charge in [0.05, 0.1) is 0 Å². The van der Waals surface area contributed by atoms with E-state index in [1.165, 1.54) is 18.4 Å². The van der Waals surface area contributed by atoms with Crippen molar-refractivity contribution in [1.29, 1.82) is 0 Å². The van der Waals surface area contributed by atoms with Gasteiger partial charge in [0.15, 0.2) is 17.3 Å². The van der Waals surface area contributed by atoms with Crippen molar-refractivity contribution in [1.82, 2.24) is 15.3 Å². The quantitative estimate of drug-likeness (QED) is 0.682. The summed E-state index contributed by atoms with van der Waals surface area (Å²) in [4.78, 5) is 4.35. The van der Waals surface area contributed by atoms with Gasteiger partial charge in [-0.1, -0.05) is 16.4 Å². The molecule has 4 heterocycles. The number of fused-ring (bicyclic) bond motifs is 1. The average Bonchev–Trinajstić information content (AvgIpc) is 3.39. The van der Waals surface area contributed by atoms with Gasteiger partial charge in [-0.3, -0.25) is 0 Å². The van der Waals surface area contributed by atoms with E-state index in [1.54, 1.807) is 6.07 Å². The number of halogens is 2. The molecule has 2 aromatic heterocycles. The van der Waals surface area contributed by atoms with Gasteiger partial charge in [-0.2, -0.15) is 4.98 Å². The first kappa shape index (κ1) is 16.2. The Hall–Kier alpha value is -3.01. The van der Waals surface area contributed by atoms with Crippen molar-refractivity contribution in [3.63, 3.8) is 0 Å². The van der Waals surface area contributed by atoms with Crippen molar-refractivity contribution in [2.24, 2.45) is 0 Å². The van der Waals surface area contributed by atoms with Crippen LogP contribution in [-0.4, -0.2) is 28.2 Å². The first-order valence-corrected chi connectivity index (χ1v) is 8.35. The van der Waals surface area contributed by atoms with E-state index in [0.717, 1.165) is 12.8 Å². The summed E-state index contributed by atoms with van der Waals surface area (Å²) in [5.41, 5.74) is 1.89. The van der Waals surface area contributed by atoms with Gasteiger partial charge in [0, 0.05) is 13.0 Å². The predicted octanol–water partition coefficient (Wildman–Crippen LogP) is 3.49. The number of aromatic nitrogens is 3. The lowest BCUT2D eigenvalue weighted by atomic mass is 10.1. The molecule has 5 rings (SSSR count). The molecule has 1 fully saturated rings. The summed E-state index contributed by atoms with van der Waals surface area (Å²) in [7, 11) is 0. The lowest BCUT2D eigenvalue weighted by Gasteiger charge is -2.05. The molecule has 0 aliphatic carbocycles. The Labute approximate surface area is 151 Å². The fourth-order valence-corrected chi connectivity index (χ4v) is 3.15. The van der Waals surface area contributed by atoms with Gasteiger partial charge in [0.1, 0.15) is 23.6 Å². The van der Waals surface area contributed by atoms with Gasteiger partial charge in [-0.25, -0.2) is 0 Å². The smallest absolute Gasteiger partial charge is 0.395 e. The van der Waals surface area contributed by atoms with Crippen LogP contribution in [0.2, 0.25) is 0 Å². The van der Waals surface area contributed by atoms with Gasteiger partial charge in [0.2, 0.25) is 0 Å². The molecule has 0 N–H and O–H groups in total. The third kappa shape index (κ3) is 3.01. The Balaban J connectivity index is 1.36. The zero-order chi connectivity index (χ0) is 18.4. The average molecular weight is 377 g/mol. The van der Waals surface area contributed by atoms with Crippen LogP contribution in [0, 0.1) is 0 Å². The van der Waals surface area contributed by atoms with Crippen molar-refractivity contribution in [3.05, 3.63) is 41.5 Å². The summed E-state index contributed by atoms with van der Waals surface area (Å²) in [6, 6.07) is 4.52. The number of rotatable bonds is 4. The minimum Gasteiger partial charge on any atom is -0.395 e. The van der Waals surface area contributed by atoms with Crippen LogP contribution in [-0.2, 0) is 11.2 Å². The third-order valence-corrected chi connectivity index (χ3v) is 4.36. The number of hydrogen-bond donors (Lipinski definition) is 0. The Morgan fingerprint density at radius 2 is 2.04 bits per heavy atom. The van der Waals surface area contributed by atoms with E-state index in [2.05, 4.69) is 24.8 Å². The number of nitrogens with zero attached hydrogens (tertiary/aromatic N) is 3. The van der Waals surface area contributed by atoms with Crippen molar-refractivity contribution in [2.45, 2.75) is 31.7 Å². The van der Waals surface area contributed by atoms with Crippen LogP contribution in [0.1, 0.15) is 36.0 Å². The highest BCUT2D eigenvalue weighted by molar-refractivity contribution is 5.55. The molecule has 0 radical (unpaired) electrons. The molecule has 27 heavy (non-hydrogen) atoms. The molecule has 1 atom stereocenters. The van der Waals surface area contributed by atoms with Crippen LogP contribution in [0.5, 0.6) is 11.5 Å². The van der Waals surface area contributed by atoms with Crippen LogP contribution in [0.4, 0.5) is 8.78 Å². The number of hydrogen-bond acceptors (Lipinski definition) is 8. The Kier molecular flexibility index (Phi) is 3.61. The number of alkyl halides is 2. The highest BCUT2D eigenvalue weighted by Crippen LogP contribution is 2.41. The largest absolute Gasteiger partial charge is 0.586 e. The maximum Gasteiger partial charge on any atom is 0.586 e. The highest BCUT2D eigenvalue weighted by atomic mass is 19.3. The Morgan fingerprint density at radius 1 is 1.15 bits per heavy atom. The van der Waals surface area contributed by atoms with Crippen LogP contribution < -0.4 is 9.47 Å². The maximum absolute atomic E-state index is 13.1. The van der Waals surface area contributed by atoms with E-state index in [0.29, 0.717) is 29.3 Å². The molecule has 1 unspecified atom stereocenters. The van der Waals surface area contributed by atoms with E-state index in [-0.39, 0.29) is 29.9 Å². The van der Waals surface area contributed by atoms with E-state index < -0.39 is 6.29 Å². The van der Waals surface area contributed by atoms with Gasteiger partial charge in [-0.15, -0.1) is 8.78 Å². The third-order valence-electron chi connectivity index (χ3n) is 4.36. The summed E-state index contributed by atoms with van der Waals surface area (Å²) >= 11 is 0. The zero-order valence-electron chi connectivity index (χ0n) is 13.9. The molecule has 1 aromatic carbocycles. The summed E-state index contributed by atoms with van der Waals surface area (Å²) in [5, 5.41) is 7.93. The second kappa shape index (κ2) is 6.02. The molecule has 1 saturated heterocycles. The summed E-state index contributed by atoms with van der Waals surface area (Å²) in [6.45, 7) is 0.676. The second-order valence-electron chi connectivity index (χ2n) is 6.26. The monoisotopic (exact) mass is 377 g/mol. The molecule has 0 saturated carbocycles. The molecule has 0 spiro atoms. The Bertz CT molecular complexity index is 981. The summed E-state index contributed by atoms with van der Waals surface area (Å²) < 4.78 is 51.0. The molecule has 0 amide bonds. The number of ether oxygens (including phenoxy) is 3. The summed E-state index contributed by atoms with van der Waals surface area (Å²) in [6.07, 6.45) is -0.279. The fraction of sp³-hybridized carbons (Fsp3) is 0.353. The molecule has 0 bridgehead atoms. The molecule has 140 valence electrons. The van der Waals surface area contributed by atoms with Crippen LogP contribution in [0.15, 0.2) is 33.5 Å². The summed E-state index contributed by atoms with van der Waals surface area (Å²) in [5.74, 6) is 0.614. The van der Waals surface area contributed by atoms with Crippen molar-refractivity contribution in [3.8, 4) is 23.0 Å². The lowest BCUT2D eigenvalue weighted by Crippen LogP contribution is -2.25. The lowest BCUT2D eigenvalue weighted by molar-refractivity contribution is -0.286.